The third-order valence-electron chi connectivity index (χ3n) is 4.41. The van der Waals surface area contributed by atoms with E-state index in [1.54, 1.807) is 24.3 Å². The van der Waals surface area contributed by atoms with Gasteiger partial charge in [0.25, 0.3) is 5.91 Å². The van der Waals surface area contributed by atoms with Crippen LogP contribution in [0.25, 0.3) is 20.8 Å². The number of hydrogen-bond acceptors (Lipinski definition) is 5. The number of halogens is 1. The van der Waals surface area contributed by atoms with Crippen molar-refractivity contribution in [1.29, 1.82) is 0 Å². The SMILES string of the molecule is O=C(COC(=O)c1ccccc1-c1nc2ccccc2s1)NCc1ccc(F)cc1. The molecule has 30 heavy (non-hydrogen) atoms. The number of carbonyl (C=O) groups is 2. The summed E-state index contributed by atoms with van der Waals surface area (Å²) in [6.07, 6.45) is 0. The Bertz CT molecular complexity index is 1170. The Morgan fingerprint density at radius 2 is 1.70 bits per heavy atom. The van der Waals surface area contributed by atoms with Crippen molar-refractivity contribution >= 4 is 33.4 Å². The summed E-state index contributed by atoms with van der Waals surface area (Å²) < 4.78 is 19.1. The fraction of sp³-hybridized carbons (Fsp3) is 0.0870. The van der Waals surface area contributed by atoms with Crippen LogP contribution in [0.1, 0.15) is 15.9 Å². The van der Waals surface area contributed by atoms with Crippen molar-refractivity contribution in [3.63, 3.8) is 0 Å². The molecule has 7 heteroatoms. The fourth-order valence-electron chi connectivity index (χ4n) is 2.90. The molecule has 5 nitrogen and oxygen atoms in total. The summed E-state index contributed by atoms with van der Waals surface area (Å²) in [5, 5.41) is 3.35. The predicted molar refractivity (Wildman–Crippen MR) is 114 cm³/mol. The second kappa shape index (κ2) is 8.84. The van der Waals surface area contributed by atoms with Crippen LogP contribution in [0.5, 0.6) is 0 Å². The predicted octanol–water partition coefficient (Wildman–Crippen LogP) is 4.58. The van der Waals surface area contributed by atoms with Crippen molar-refractivity contribution in [2.75, 3.05) is 6.61 Å². The molecule has 0 spiro atoms. The lowest BCUT2D eigenvalue weighted by Crippen LogP contribution is -2.28. The zero-order valence-electron chi connectivity index (χ0n) is 15.8. The first-order valence-corrected chi connectivity index (χ1v) is 10.0. The van der Waals surface area contributed by atoms with Crippen molar-refractivity contribution in [2.24, 2.45) is 0 Å². The lowest BCUT2D eigenvalue weighted by Gasteiger charge is -2.09. The molecule has 0 bridgehead atoms. The number of esters is 1. The molecule has 1 heterocycles. The number of nitrogens with one attached hydrogen (secondary N) is 1. The highest BCUT2D eigenvalue weighted by Crippen LogP contribution is 2.32. The summed E-state index contributed by atoms with van der Waals surface area (Å²) in [5.74, 6) is -1.38. The smallest absolute Gasteiger partial charge is 0.339 e. The molecular formula is C23H17FN2O3S. The van der Waals surface area contributed by atoms with E-state index < -0.39 is 18.5 Å². The molecule has 0 atom stereocenters. The van der Waals surface area contributed by atoms with E-state index in [1.165, 1.54) is 23.5 Å². The number of para-hydroxylation sites is 1. The summed E-state index contributed by atoms with van der Waals surface area (Å²) in [7, 11) is 0. The van der Waals surface area contributed by atoms with Gasteiger partial charge in [0, 0.05) is 12.1 Å². The molecule has 1 amide bonds. The van der Waals surface area contributed by atoms with E-state index in [0.29, 0.717) is 16.1 Å². The van der Waals surface area contributed by atoms with E-state index in [2.05, 4.69) is 10.3 Å². The van der Waals surface area contributed by atoms with Crippen molar-refractivity contribution in [2.45, 2.75) is 6.54 Å². The van der Waals surface area contributed by atoms with Gasteiger partial charge in [0.15, 0.2) is 6.61 Å². The maximum absolute atomic E-state index is 12.9. The van der Waals surface area contributed by atoms with Gasteiger partial charge in [-0.25, -0.2) is 14.2 Å². The third-order valence-corrected chi connectivity index (χ3v) is 5.48. The third kappa shape index (κ3) is 4.52. The van der Waals surface area contributed by atoms with Gasteiger partial charge in [-0.3, -0.25) is 4.79 Å². The first-order chi connectivity index (χ1) is 14.6. The quantitative estimate of drug-likeness (QED) is 0.464. The number of hydrogen-bond donors (Lipinski definition) is 1. The molecule has 4 aromatic rings. The Hall–Kier alpha value is -3.58. The van der Waals surface area contributed by atoms with Crippen LogP contribution in [0.3, 0.4) is 0 Å². The molecule has 0 unspecified atom stereocenters. The number of carbonyl (C=O) groups excluding carboxylic acids is 2. The van der Waals surface area contributed by atoms with E-state index in [9.17, 15) is 14.0 Å². The van der Waals surface area contributed by atoms with Crippen LogP contribution in [0.15, 0.2) is 72.8 Å². The highest BCUT2D eigenvalue weighted by atomic mass is 32.1. The maximum Gasteiger partial charge on any atom is 0.339 e. The first kappa shape index (κ1) is 19.7. The van der Waals surface area contributed by atoms with Crippen LogP contribution < -0.4 is 5.32 Å². The summed E-state index contributed by atoms with van der Waals surface area (Å²) in [6, 6.07) is 20.6. The van der Waals surface area contributed by atoms with E-state index >= 15 is 0 Å². The fourth-order valence-corrected chi connectivity index (χ4v) is 3.90. The standard InChI is InChI=1S/C23H17FN2O3S/c24-16-11-9-15(10-12-16)13-25-21(27)14-29-23(28)18-6-2-1-5-17(18)22-26-19-7-3-4-8-20(19)30-22/h1-12H,13-14H2,(H,25,27). The van der Waals surface area contributed by atoms with Gasteiger partial charge in [0.1, 0.15) is 10.8 Å². The molecule has 0 fully saturated rings. The highest BCUT2D eigenvalue weighted by molar-refractivity contribution is 7.21. The zero-order chi connectivity index (χ0) is 20.9. The van der Waals surface area contributed by atoms with Gasteiger partial charge in [-0.05, 0) is 35.9 Å². The lowest BCUT2D eigenvalue weighted by atomic mass is 10.1. The molecule has 0 saturated heterocycles. The maximum atomic E-state index is 12.9. The minimum absolute atomic E-state index is 0.221. The van der Waals surface area contributed by atoms with Gasteiger partial charge < -0.3 is 10.1 Å². The number of rotatable bonds is 6. The Balaban J connectivity index is 1.41. The number of aromatic nitrogens is 1. The molecule has 1 aromatic heterocycles. The second-order valence-corrected chi connectivity index (χ2v) is 7.54. The molecular weight excluding hydrogens is 403 g/mol. The molecule has 3 aromatic carbocycles. The van der Waals surface area contributed by atoms with E-state index in [-0.39, 0.29) is 12.4 Å². The van der Waals surface area contributed by atoms with Gasteiger partial charge in [-0.1, -0.05) is 42.5 Å². The minimum atomic E-state index is -0.596. The molecule has 150 valence electrons. The molecule has 0 aliphatic carbocycles. The van der Waals surface area contributed by atoms with E-state index in [1.807, 2.05) is 36.4 Å². The van der Waals surface area contributed by atoms with Crippen molar-refractivity contribution in [3.05, 3.63) is 89.7 Å². The molecule has 0 aliphatic rings. The van der Waals surface area contributed by atoms with Crippen molar-refractivity contribution in [1.82, 2.24) is 10.3 Å². The van der Waals surface area contributed by atoms with Gasteiger partial charge >= 0.3 is 5.97 Å². The Labute approximate surface area is 176 Å². The summed E-state index contributed by atoms with van der Waals surface area (Å²) in [6.45, 7) is -0.187. The van der Waals surface area contributed by atoms with Crippen LogP contribution in [0.2, 0.25) is 0 Å². The summed E-state index contributed by atoms with van der Waals surface area (Å²) >= 11 is 1.49. The van der Waals surface area contributed by atoms with Crippen LogP contribution in [-0.4, -0.2) is 23.5 Å². The van der Waals surface area contributed by atoms with E-state index in [4.69, 9.17) is 4.74 Å². The molecule has 0 saturated carbocycles. The Kier molecular flexibility index (Phi) is 5.81. The lowest BCUT2D eigenvalue weighted by molar-refractivity contribution is -0.124. The average molecular weight is 420 g/mol. The largest absolute Gasteiger partial charge is 0.452 e. The van der Waals surface area contributed by atoms with Gasteiger partial charge in [0.05, 0.1) is 15.8 Å². The number of fused-ring (bicyclic) bond motifs is 1. The van der Waals surface area contributed by atoms with Crippen LogP contribution in [0, 0.1) is 5.82 Å². The van der Waals surface area contributed by atoms with Crippen molar-refractivity contribution < 1.29 is 18.7 Å². The van der Waals surface area contributed by atoms with Gasteiger partial charge in [-0.2, -0.15) is 0 Å². The first-order valence-electron chi connectivity index (χ1n) is 9.23. The number of ether oxygens (including phenoxy) is 1. The average Bonchev–Trinajstić information content (AvgIpc) is 3.21. The van der Waals surface area contributed by atoms with Crippen molar-refractivity contribution in [3.8, 4) is 10.6 Å². The van der Waals surface area contributed by atoms with Gasteiger partial charge in [-0.15, -0.1) is 11.3 Å². The van der Waals surface area contributed by atoms with Crippen LogP contribution in [-0.2, 0) is 16.1 Å². The summed E-state index contributed by atoms with van der Waals surface area (Å²) in [4.78, 5) is 29.2. The molecule has 0 aliphatic heterocycles. The number of thiazole rings is 1. The number of nitrogens with zero attached hydrogens (tertiary/aromatic N) is 1. The van der Waals surface area contributed by atoms with E-state index in [0.717, 1.165) is 15.8 Å². The molecule has 4 rings (SSSR count). The Morgan fingerprint density at radius 1 is 0.967 bits per heavy atom. The monoisotopic (exact) mass is 420 g/mol. The normalized spacial score (nSPS) is 10.7. The summed E-state index contributed by atoms with van der Waals surface area (Å²) in [5.41, 5.74) is 2.62. The second-order valence-electron chi connectivity index (χ2n) is 6.51. The topological polar surface area (TPSA) is 68.3 Å². The minimum Gasteiger partial charge on any atom is -0.452 e. The molecule has 1 N–H and O–H groups in total. The number of amides is 1. The molecule has 0 radical (unpaired) electrons. The van der Waals surface area contributed by atoms with Crippen LogP contribution in [0.4, 0.5) is 4.39 Å². The van der Waals surface area contributed by atoms with Crippen LogP contribution >= 0.6 is 11.3 Å². The number of benzene rings is 3. The Morgan fingerprint density at radius 3 is 2.50 bits per heavy atom. The van der Waals surface area contributed by atoms with Gasteiger partial charge in [0.2, 0.25) is 0 Å². The highest BCUT2D eigenvalue weighted by Gasteiger charge is 2.17. The zero-order valence-corrected chi connectivity index (χ0v) is 16.6.